The summed E-state index contributed by atoms with van der Waals surface area (Å²) in [5, 5.41) is 2.56. The van der Waals surface area contributed by atoms with E-state index in [1.165, 1.54) is 0 Å². The molecule has 0 radical (unpaired) electrons. The maximum absolute atomic E-state index is 10.3. The second-order valence-electron chi connectivity index (χ2n) is 4.31. The van der Waals surface area contributed by atoms with Crippen molar-refractivity contribution in [1.82, 2.24) is 5.32 Å². The molecule has 0 aromatic carbocycles. The number of amides is 2. The van der Waals surface area contributed by atoms with Crippen LogP contribution >= 0.6 is 0 Å². The number of carbonyl (C=O) groups is 1. The Morgan fingerprint density at radius 1 is 1.29 bits per heavy atom. The predicted molar refractivity (Wildman–Crippen MR) is 60.7 cm³/mol. The minimum Gasteiger partial charge on any atom is -0.418 e. The molecule has 0 bridgehead atoms. The van der Waals surface area contributed by atoms with Gasteiger partial charge in [-0.1, -0.05) is 0 Å². The summed E-state index contributed by atoms with van der Waals surface area (Å²) in [5.74, 6) is 0. The maximum atomic E-state index is 10.3. The Morgan fingerprint density at radius 3 is 2.43 bits per heavy atom. The third-order valence-electron chi connectivity index (χ3n) is 1.66. The van der Waals surface area contributed by atoms with Gasteiger partial charge in [-0.15, -0.1) is 0 Å². The summed E-state index contributed by atoms with van der Waals surface area (Å²) in [6.07, 6.45) is 3.10. The third-order valence-corrected chi connectivity index (χ3v) is 2.73. The highest BCUT2D eigenvalue weighted by atomic mass is 28.4. The number of hydrogen-bond donors (Lipinski definition) is 2. The summed E-state index contributed by atoms with van der Waals surface area (Å²) in [5.41, 5.74) is 4.92. The maximum Gasteiger partial charge on any atom is 0.312 e. The second kappa shape index (κ2) is 6.84. The lowest BCUT2D eigenvalue weighted by Crippen LogP contribution is -2.30. The zero-order chi connectivity index (χ0) is 11.0. The molecule has 0 aromatic rings. The van der Waals surface area contributed by atoms with Gasteiger partial charge in [-0.2, -0.15) is 0 Å². The fourth-order valence-electron chi connectivity index (χ4n) is 0.994. The number of primary amides is 1. The van der Waals surface area contributed by atoms with Crippen molar-refractivity contribution in [2.24, 2.45) is 5.73 Å². The van der Waals surface area contributed by atoms with Crippen molar-refractivity contribution in [2.45, 2.75) is 38.9 Å². The molecule has 0 heterocycles. The first-order valence-electron chi connectivity index (χ1n) is 5.09. The largest absolute Gasteiger partial charge is 0.418 e. The van der Waals surface area contributed by atoms with E-state index in [-0.39, 0.29) is 0 Å². The summed E-state index contributed by atoms with van der Waals surface area (Å²) >= 11 is 0. The third kappa shape index (κ3) is 11.4. The van der Waals surface area contributed by atoms with Gasteiger partial charge in [0.2, 0.25) is 0 Å². The lowest BCUT2D eigenvalue weighted by Gasteiger charge is -2.16. The van der Waals surface area contributed by atoms with Crippen LogP contribution in [0.1, 0.15) is 19.3 Å². The van der Waals surface area contributed by atoms with Crippen LogP contribution in [-0.2, 0) is 4.43 Å². The highest BCUT2D eigenvalue weighted by molar-refractivity contribution is 6.69. The van der Waals surface area contributed by atoms with Crippen LogP contribution < -0.4 is 11.1 Å². The molecule has 3 N–H and O–H groups in total. The Bertz CT molecular complexity index is 169. The number of hydrogen-bond acceptors (Lipinski definition) is 2. The molecule has 14 heavy (non-hydrogen) atoms. The molecule has 0 aliphatic carbocycles. The van der Waals surface area contributed by atoms with Crippen LogP contribution in [0.15, 0.2) is 0 Å². The smallest absolute Gasteiger partial charge is 0.312 e. The van der Waals surface area contributed by atoms with Gasteiger partial charge in [0, 0.05) is 13.2 Å². The van der Waals surface area contributed by atoms with Crippen LogP contribution in [0, 0.1) is 0 Å². The van der Waals surface area contributed by atoms with Crippen molar-refractivity contribution in [3.8, 4) is 0 Å². The van der Waals surface area contributed by atoms with E-state index in [1.807, 2.05) is 0 Å². The Hall–Kier alpha value is -0.553. The molecule has 84 valence electrons. The van der Waals surface area contributed by atoms with Crippen molar-refractivity contribution in [2.75, 3.05) is 13.2 Å². The van der Waals surface area contributed by atoms with Gasteiger partial charge < -0.3 is 15.5 Å². The molecule has 2 amide bonds. The quantitative estimate of drug-likeness (QED) is 0.504. The summed E-state index contributed by atoms with van der Waals surface area (Å²) < 4.78 is 5.68. The standard InChI is InChI=1S/C9H22N2O2Si/c1-14(2,3)13-8-6-4-5-7-11-9(10)12/h4-8H2,1-3H3,(H3,10,11,12). The van der Waals surface area contributed by atoms with Crippen molar-refractivity contribution >= 4 is 14.3 Å². The van der Waals surface area contributed by atoms with E-state index >= 15 is 0 Å². The summed E-state index contributed by atoms with van der Waals surface area (Å²) in [7, 11) is -1.33. The van der Waals surface area contributed by atoms with Crippen molar-refractivity contribution in [3.63, 3.8) is 0 Å². The molecule has 0 aliphatic rings. The summed E-state index contributed by atoms with van der Waals surface area (Å²) in [4.78, 5) is 10.3. The summed E-state index contributed by atoms with van der Waals surface area (Å²) in [6, 6.07) is -0.441. The van der Waals surface area contributed by atoms with Gasteiger partial charge in [-0.05, 0) is 38.9 Å². The molecule has 0 spiro atoms. The first-order valence-corrected chi connectivity index (χ1v) is 8.50. The molecule has 0 saturated carbocycles. The number of nitrogens with two attached hydrogens (primary N) is 1. The lowest BCUT2D eigenvalue weighted by atomic mass is 10.2. The van der Waals surface area contributed by atoms with Crippen LogP contribution in [0.4, 0.5) is 4.79 Å². The Morgan fingerprint density at radius 2 is 1.93 bits per heavy atom. The van der Waals surface area contributed by atoms with Gasteiger partial charge in [0.25, 0.3) is 0 Å². The lowest BCUT2D eigenvalue weighted by molar-refractivity contribution is 0.248. The van der Waals surface area contributed by atoms with Gasteiger partial charge in [-0.25, -0.2) is 4.79 Å². The van der Waals surface area contributed by atoms with E-state index in [9.17, 15) is 4.79 Å². The molecule has 0 unspecified atom stereocenters. The monoisotopic (exact) mass is 218 g/mol. The van der Waals surface area contributed by atoms with E-state index in [0.717, 1.165) is 25.9 Å². The molecule has 0 aromatic heterocycles. The van der Waals surface area contributed by atoms with Gasteiger partial charge in [0.1, 0.15) is 0 Å². The van der Waals surface area contributed by atoms with E-state index in [1.54, 1.807) is 0 Å². The first-order chi connectivity index (χ1) is 6.42. The van der Waals surface area contributed by atoms with Crippen molar-refractivity contribution < 1.29 is 9.22 Å². The fourth-order valence-corrected chi connectivity index (χ4v) is 1.75. The number of urea groups is 1. The minimum atomic E-state index is -1.33. The Kier molecular flexibility index (Phi) is 6.57. The number of nitrogens with one attached hydrogen (secondary N) is 1. The van der Waals surface area contributed by atoms with E-state index in [2.05, 4.69) is 25.0 Å². The highest BCUT2D eigenvalue weighted by Gasteiger charge is 2.12. The van der Waals surface area contributed by atoms with Crippen LogP contribution in [0.3, 0.4) is 0 Å². The normalized spacial score (nSPS) is 11.4. The first kappa shape index (κ1) is 13.4. The molecule has 0 saturated heterocycles. The fraction of sp³-hybridized carbons (Fsp3) is 0.889. The molecule has 5 heteroatoms. The Labute approximate surface area is 87.3 Å². The zero-order valence-corrected chi connectivity index (χ0v) is 10.4. The number of unbranched alkanes of at least 4 members (excludes halogenated alkanes) is 2. The van der Waals surface area contributed by atoms with Crippen molar-refractivity contribution in [1.29, 1.82) is 0 Å². The zero-order valence-electron chi connectivity index (χ0n) is 9.43. The average molecular weight is 218 g/mol. The van der Waals surface area contributed by atoms with Crippen LogP contribution in [0.5, 0.6) is 0 Å². The average Bonchev–Trinajstić information content (AvgIpc) is 2.00. The van der Waals surface area contributed by atoms with Crippen LogP contribution in [0.2, 0.25) is 19.6 Å². The van der Waals surface area contributed by atoms with Crippen LogP contribution in [-0.4, -0.2) is 27.5 Å². The summed E-state index contributed by atoms with van der Waals surface area (Å²) in [6.45, 7) is 8.06. The van der Waals surface area contributed by atoms with E-state index in [4.69, 9.17) is 10.2 Å². The van der Waals surface area contributed by atoms with Crippen LogP contribution in [0.25, 0.3) is 0 Å². The molecule has 4 nitrogen and oxygen atoms in total. The molecule has 0 atom stereocenters. The number of rotatable bonds is 7. The van der Waals surface area contributed by atoms with Gasteiger partial charge in [-0.3, -0.25) is 0 Å². The number of carbonyl (C=O) groups excluding carboxylic acids is 1. The minimum absolute atomic E-state index is 0.441. The highest BCUT2D eigenvalue weighted by Crippen LogP contribution is 2.04. The molecule has 0 aliphatic heterocycles. The molecular formula is C9H22N2O2Si. The molecule has 0 fully saturated rings. The molecule has 0 rings (SSSR count). The van der Waals surface area contributed by atoms with Gasteiger partial charge in [0.05, 0.1) is 0 Å². The Balaban J connectivity index is 3.11. The van der Waals surface area contributed by atoms with E-state index < -0.39 is 14.3 Å². The van der Waals surface area contributed by atoms with Crippen molar-refractivity contribution in [3.05, 3.63) is 0 Å². The second-order valence-corrected chi connectivity index (χ2v) is 8.83. The van der Waals surface area contributed by atoms with Gasteiger partial charge >= 0.3 is 6.03 Å². The van der Waals surface area contributed by atoms with Gasteiger partial charge in [0.15, 0.2) is 8.32 Å². The van der Waals surface area contributed by atoms with E-state index in [0.29, 0.717) is 6.54 Å². The molecular weight excluding hydrogens is 196 g/mol. The predicted octanol–water partition coefficient (Wildman–Crippen LogP) is 1.68. The SMILES string of the molecule is C[Si](C)(C)OCCCCCNC(N)=O. The topological polar surface area (TPSA) is 64.3 Å².